The van der Waals surface area contributed by atoms with Gasteiger partial charge in [0.2, 0.25) is 0 Å². The molecule has 0 bridgehead atoms. The highest BCUT2D eigenvalue weighted by Crippen LogP contribution is 2.36. The van der Waals surface area contributed by atoms with Crippen LogP contribution in [0, 0.1) is 0 Å². The summed E-state index contributed by atoms with van der Waals surface area (Å²) in [7, 11) is 3.91. The molecule has 18 heavy (non-hydrogen) atoms. The van der Waals surface area contributed by atoms with Gasteiger partial charge in [-0.15, -0.1) is 11.6 Å². The van der Waals surface area contributed by atoms with Gasteiger partial charge in [-0.2, -0.15) is 0 Å². The lowest BCUT2D eigenvalue weighted by molar-refractivity contribution is 0.144. The molecular formula is C13H18ClNO3. The predicted molar refractivity (Wildman–Crippen MR) is 71.5 cm³/mol. The molecule has 0 heterocycles. The molecule has 0 aliphatic rings. The van der Waals surface area contributed by atoms with Crippen LogP contribution in [0.3, 0.4) is 0 Å². The molecular weight excluding hydrogens is 254 g/mol. The van der Waals surface area contributed by atoms with E-state index < -0.39 is 6.16 Å². The van der Waals surface area contributed by atoms with Gasteiger partial charge in [0.05, 0.1) is 5.38 Å². The van der Waals surface area contributed by atoms with Crippen molar-refractivity contribution in [2.24, 2.45) is 0 Å². The first-order chi connectivity index (χ1) is 8.34. The van der Waals surface area contributed by atoms with Gasteiger partial charge < -0.3 is 14.7 Å². The monoisotopic (exact) mass is 271 g/mol. The van der Waals surface area contributed by atoms with Crippen molar-refractivity contribution >= 4 is 17.8 Å². The maximum Gasteiger partial charge on any atom is 0.511 e. The summed E-state index contributed by atoms with van der Waals surface area (Å²) in [4.78, 5) is 12.7. The quantitative estimate of drug-likeness (QED) is 0.516. The minimum atomic E-state index is -1.33. The molecule has 0 aliphatic heterocycles. The van der Waals surface area contributed by atoms with Crippen LogP contribution in [0.4, 0.5) is 4.79 Å². The van der Waals surface area contributed by atoms with E-state index >= 15 is 0 Å². The maximum absolute atomic E-state index is 10.7. The van der Waals surface area contributed by atoms with E-state index in [4.69, 9.17) is 21.4 Å². The standard InChI is InChI=1S/C13H18ClNO3/c1-8(14)12-10(9(2)15(3)4)6-5-7-11(12)18-13(16)17/h5-9H,1-4H3,(H,16,17). The fourth-order valence-corrected chi connectivity index (χ4v) is 2.05. The van der Waals surface area contributed by atoms with Crippen molar-refractivity contribution in [3.05, 3.63) is 29.3 Å². The number of alkyl halides is 1. The van der Waals surface area contributed by atoms with Crippen molar-refractivity contribution in [1.29, 1.82) is 0 Å². The average molecular weight is 272 g/mol. The number of nitrogens with zero attached hydrogens (tertiary/aromatic N) is 1. The molecule has 1 aromatic carbocycles. The van der Waals surface area contributed by atoms with Crippen LogP contribution in [-0.4, -0.2) is 30.3 Å². The molecule has 4 nitrogen and oxygen atoms in total. The highest BCUT2D eigenvalue weighted by Gasteiger charge is 2.20. The third-order valence-corrected chi connectivity index (χ3v) is 3.14. The first-order valence-corrected chi connectivity index (χ1v) is 6.12. The molecule has 0 saturated heterocycles. The first kappa shape index (κ1) is 14.8. The molecule has 0 radical (unpaired) electrons. The van der Waals surface area contributed by atoms with Crippen molar-refractivity contribution < 1.29 is 14.6 Å². The molecule has 0 fully saturated rings. The lowest BCUT2D eigenvalue weighted by Crippen LogP contribution is -2.19. The van der Waals surface area contributed by atoms with Crippen LogP contribution >= 0.6 is 11.6 Å². The Hall–Kier alpha value is -1.26. The summed E-state index contributed by atoms with van der Waals surface area (Å²) >= 11 is 6.15. The van der Waals surface area contributed by atoms with Crippen LogP contribution < -0.4 is 4.74 Å². The van der Waals surface area contributed by atoms with E-state index in [0.29, 0.717) is 5.75 Å². The SMILES string of the molecule is CC(Cl)c1c(OC(=O)O)cccc1C(C)N(C)C. The van der Waals surface area contributed by atoms with E-state index in [1.54, 1.807) is 19.1 Å². The Balaban J connectivity index is 3.29. The van der Waals surface area contributed by atoms with Crippen LogP contribution in [-0.2, 0) is 0 Å². The van der Waals surface area contributed by atoms with Crippen molar-refractivity contribution in [1.82, 2.24) is 4.90 Å². The number of hydrogen-bond donors (Lipinski definition) is 1. The zero-order valence-corrected chi connectivity index (χ0v) is 11.7. The predicted octanol–water partition coefficient (Wildman–Crippen LogP) is 3.67. The molecule has 0 saturated carbocycles. The Morgan fingerprint density at radius 1 is 1.39 bits per heavy atom. The molecule has 1 aromatic rings. The molecule has 100 valence electrons. The van der Waals surface area contributed by atoms with Gasteiger partial charge >= 0.3 is 6.16 Å². The van der Waals surface area contributed by atoms with Crippen LogP contribution in [0.15, 0.2) is 18.2 Å². The molecule has 0 aromatic heterocycles. The van der Waals surface area contributed by atoms with E-state index in [1.807, 2.05) is 32.0 Å². The van der Waals surface area contributed by atoms with E-state index in [2.05, 4.69) is 0 Å². The van der Waals surface area contributed by atoms with Crippen molar-refractivity contribution in [2.75, 3.05) is 14.1 Å². The molecule has 0 aliphatic carbocycles. The summed E-state index contributed by atoms with van der Waals surface area (Å²) in [5.41, 5.74) is 1.70. The first-order valence-electron chi connectivity index (χ1n) is 5.68. The number of ether oxygens (including phenoxy) is 1. The van der Waals surface area contributed by atoms with Crippen molar-refractivity contribution in [2.45, 2.75) is 25.3 Å². The van der Waals surface area contributed by atoms with Gasteiger partial charge in [0.15, 0.2) is 0 Å². The van der Waals surface area contributed by atoms with E-state index in [9.17, 15) is 4.79 Å². The van der Waals surface area contributed by atoms with Gasteiger partial charge in [0, 0.05) is 11.6 Å². The van der Waals surface area contributed by atoms with E-state index in [-0.39, 0.29) is 11.4 Å². The summed E-state index contributed by atoms with van der Waals surface area (Å²) < 4.78 is 4.79. The van der Waals surface area contributed by atoms with Crippen LogP contribution in [0.1, 0.15) is 36.4 Å². The van der Waals surface area contributed by atoms with Gasteiger partial charge in [0.25, 0.3) is 0 Å². The molecule has 0 spiro atoms. The number of carboxylic acid groups (broad SMARTS) is 1. The molecule has 1 N–H and O–H groups in total. The summed E-state index contributed by atoms with van der Waals surface area (Å²) in [6, 6.07) is 5.46. The number of rotatable bonds is 4. The summed E-state index contributed by atoms with van der Waals surface area (Å²) in [5.74, 6) is 0.302. The molecule has 2 atom stereocenters. The minimum absolute atomic E-state index is 0.124. The van der Waals surface area contributed by atoms with E-state index in [0.717, 1.165) is 11.1 Å². The highest BCUT2D eigenvalue weighted by atomic mass is 35.5. The lowest BCUT2D eigenvalue weighted by atomic mass is 9.97. The van der Waals surface area contributed by atoms with Gasteiger partial charge in [-0.3, -0.25) is 0 Å². The Labute approximate surface area is 112 Å². The number of halogens is 1. The fraction of sp³-hybridized carbons (Fsp3) is 0.462. The largest absolute Gasteiger partial charge is 0.511 e. The Kier molecular flexibility index (Phi) is 4.99. The number of hydrogen-bond acceptors (Lipinski definition) is 3. The number of carbonyl (C=O) groups is 1. The molecule has 2 unspecified atom stereocenters. The Morgan fingerprint density at radius 3 is 2.44 bits per heavy atom. The zero-order chi connectivity index (χ0) is 13.9. The summed E-state index contributed by atoms with van der Waals surface area (Å²) in [5, 5.41) is 8.41. The van der Waals surface area contributed by atoms with Crippen LogP contribution in [0.5, 0.6) is 5.75 Å². The van der Waals surface area contributed by atoms with Crippen molar-refractivity contribution in [3.8, 4) is 5.75 Å². The average Bonchev–Trinajstić information content (AvgIpc) is 2.26. The Bertz CT molecular complexity index is 432. The smallest absolute Gasteiger partial charge is 0.449 e. The molecule has 5 heteroatoms. The normalized spacial score (nSPS) is 14.3. The number of benzene rings is 1. The fourth-order valence-electron chi connectivity index (χ4n) is 1.81. The van der Waals surface area contributed by atoms with Crippen molar-refractivity contribution in [3.63, 3.8) is 0 Å². The second kappa shape index (κ2) is 6.07. The van der Waals surface area contributed by atoms with Crippen LogP contribution in [0.2, 0.25) is 0 Å². The molecule has 0 amide bonds. The maximum atomic E-state index is 10.7. The zero-order valence-electron chi connectivity index (χ0n) is 11.0. The van der Waals surface area contributed by atoms with Gasteiger partial charge in [-0.05, 0) is 39.6 Å². The second-order valence-electron chi connectivity index (χ2n) is 4.38. The van der Waals surface area contributed by atoms with Crippen LogP contribution in [0.25, 0.3) is 0 Å². The molecule has 1 rings (SSSR count). The lowest BCUT2D eigenvalue weighted by Gasteiger charge is -2.25. The summed E-state index contributed by atoms with van der Waals surface area (Å²) in [6.07, 6.45) is -1.33. The Morgan fingerprint density at radius 2 is 2.00 bits per heavy atom. The highest BCUT2D eigenvalue weighted by molar-refractivity contribution is 6.20. The third kappa shape index (κ3) is 3.37. The third-order valence-electron chi connectivity index (χ3n) is 2.92. The van der Waals surface area contributed by atoms with E-state index in [1.165, 1.54) is 0 Å². The second-order valence-corrected chi connectivity index (χ2v) is 5.04. The minimum Gasteiger partial charge on any atom is -0.449 e. The van der Waals surface area contributed by atoms with Gasteiger partial charge in [0.1, 0.15) is 5.75 Å². The van der Waals surface area contributed by atoms with Gasteiger partial charge in [-0.1, -0.05) is 12.1 Å². The van der Waals surface area contributed by atoms with Gasteiger partial charge in [-0.25, -0.2) is 4.79 Å². The topological polar surface area (TPSA) is 49.8 Å². The summed E-state index contributed by atoms with van der Waals surface area (Å²) in [6.45, 7) is 3.83.